The normalized spacial score (nSPS) is 13.4. The van der Waals surface area contributed by atoms with Crippen LogP contribution in [-0.2, 0) is 19.5 Å². The molecular weight excluding hydrogens is 386 g/mol. The first kappa shape index (κ1) is 19.5. The van der Waals surface area contributed by atoms with Gasteiger partial charge in [0.25, 0.3) is 5.91 Å². The number of carbonyl (C=O) groups excluding carboxylic acids is 1. The van der Waals surface area contributed by atoms with Crippen LogP contribution in [0.3, 0.4) is 0 Å². The number of carbonyl (C=O) groups is 1. The van der Waals surface area contributed by atoms with Crippen LogP contribution in [0.15, 0.2) is 48.5 Å². The molecule has 2 heterocycles. The number of aromatic nitrogens is 2. The van der Waals surface area contributed by atoms with Crippen molar-refractivity contribution in [3.8, 4) is 17.1 Å². The summed E-state index contributed by atoms with van der Waals surface area (Å²) in [5.74, 6) is 1.47. The first-order valence-electron chi connectivity index (χ1n) is 9.92. The lowest BCUT2D eigenvalue weighted by molar-refractivity contribution is 0.0945. The maximum atomic E-state index is 13.0. The largest absolute Gasteiger partial charge is 0.497 e. The summed E-state index contributed by atoms with van der Waals surface area (Å²) in [5, 5.41) is 3.71. The lowest BCUT2D eigenvalue weighted by Gasteiger charge is -2.09. The number of methoxy groups -OCH3 is 1. The van der Waals surface area contributed by atoms with Gasteiger partial charge in [-0.25, -0.2) is 4.98 Å². The van der Waals surface area contributed by atoms with Crippen molar-refractivity contribution in [2.45, 2.75) is 38.8 Å². The van der Waals surface area contributed by atoms with Crippen molar-refractivity contribution >= 4 is 17.5 Å². The van der Waals surface area contributed by atoms with Gasteiger partial charge in [0, 0.05) is 23.7 Å². The molecule has 0 bridgehead atoms. The van der Waals surface area contributed by atoms with Gasteiger partial charge >= 0.3 is 0 Å². The second-order valence-electron chi connectivity index (χ2n) is 7.23. The number of ether oxygens (including phenoxy) is 1. The van der Waals surface area contributed by atoms with Crippen molar-refractivity contribution in [2.75, 3.05) is 7.11 Å². The number of nitrogens with zero attached hydrogens (tertiary/aromatic N) is 2. The van der Waals surface area contributed by atoms with E-state index in [9.17, 15) is 4.79 Å². The van der Waals surface area contributed by atoms with Gasteiger partial charge in [0.2, 0.25) is 0 Å². The van der Waals surface area contributed by atoms with Crippen molar-refractivity contribution in [3.05, 3.63) is 70.5 Å². The van der Waals surface area contributed by atoms with Crippen molar-refractivity contribution in [3.63, 3.8) is 0 Å². The molecule has 0 unspecified atom stereocenters. The van der Waals surface area contributed by atoms with E-state index < -0.39 is 0 Å². The molecule has 1 N–H and O–H groups in total. The highest BCUT2D eigenvalue weighted by molar-refractivity contribution is 6.30. The molecule has 2 aromatic carbocycles. The lowest BCUT2D eigenvalue weighted by atomic mass is 10.1. The third-order valence-electron chi connectivity index (χ3n) is 5.27. The highest BCUT2D eigenvalue weighted by atomic mass is 35.5. The molecule has 3 aromatic rings. The van der Waals surface area contributed by atoms with Gasteiger partial charge in [0.15, 0.2) is 0 Å². The molecule has 1 aliphatic rings. The summed E-state index contributed by atoms with van der Waals surface area (Å²) in [6, 6.07) is 15.3. The minimum atomic E-state index is -0.140. The predicted molar refractivity (Wildman–Crippen MR) is 114 cm³/mol. The zero-order valence-electron chi connectivity index (χ0n) is 16.5. The fourth-order valence-electron chi connectivity index (χ4n) is 3.77. The van der Waals surface area contributed by atoms with E-state index in [1.807, 2.05) is 48.5 Å². The first-order valence-corrected chi connectivity index (χ1v) is 10.3. The molecule has 150 valence electrons. The third-order valence-corrected chi connectivity index (χ3v) is 5.52. The highest BCUT2D eigenvalue weighted by Crippen LogP contribution is 2.28. The van der Waals surface area contributed by atoms with Crippen LogP contribution in [0.5, 0.6) is 5.75 Å². The molecule has 0 atom stereocenters. The standard InChI is InChI=1S/C23H24ClN3O2/c1-29-19-7-5-6-16(14-19)15-25-23(28)21-20-8-3-2-4-13-27(20)22(26-21)17-9-11-18(24)12-10-17/h5-7,9-12,14H,2-4,8,13,15H2,1H3,(H,25,28). The van der Waals surface area contributed by atoms with E-state index in [1.54, 1.807) is 7.11 Å². The molecule has 5 nitrogen and oxygen atoms in total. The molecule has 0 fully saturated rings. The van der Waals surface area contributed by atoms with Crippen LogP contribution in [0.2, 0.25) is 5.02 Å². The Kier molecular flexibility index (Phi) is 5.86. The topological polar surface area (TPSA) is 56.1 Å². The predicted octanol–water partition coefficient (Wildman–Crippen LogP) is 4.87. The van der Waals surface area contributed by atoms with Gasteiger partial charge in [-0.1, -0.05) is 30.2 Å². The fourth-order valence-corrected chi connectivity index (χ4v) is 3.90. The Labute approximate surface area is 175 Å². The molecule has 0 radical (unpaired) electrons. The Morgan fingerprint density at radius 1 is 1.17 bits per heavy atom. The molecule has 0 aliphatic carbocycles. The van der Waals surface area contributed by atoms with Gasteiger partial charge < -0.3 is 14.6 Å². The van der Waals surface area contributed by atoms with Crippen LogP contribution in [0.25, 0.3) is 11.4 Å². The number of halogens is 1. The molecule has 1 aromatic heterocycles. The number of hydrogen-bond acceptors (Lipinski definition) is 3. The average Bonchev–Trinajstić information content (AvgIpc) is 2.93. The van der Waals surface area contributed by atoms with Crippen molar-refractivity contribution in [1.82, 2.24) is 14.9 Å². The summed E-state index contributed by atoms with van der Waals surface area (Å²) in [5.41, 5.74) is 3.51. The number of amides is 1. The molecule has 6 heteroatoms. The third kappa shape index (κ3) is 4.30. The maximum Gasteiger partial charge on any atom is 0.272 e. The summed E-state index contributed by atoms with van der Waals surface area (Å²) < 4.78 is 7.46. The SMILES string of the molecule is COc1cccc(CNC(=O)c2nc(-c3ccc(Cl)cc3)n3c2CCCCC3)c1. The van der Waals surface area contributed by atoms with Crippen LogP contribution >= 0.6 is 11.6 Å². The molecule has 4 rings (SSSR count). The van der Waals surface area contributed by atoms with Gasteiger partial charge in [-0.15, -0.1) is 0 Å². The summed E-state index contributed by atoms with van der Waals surface area (Å²) in [6.07, 6.45) is 4.19. The number of rotatable bonds is 5. The molecule has 0 saturated heterocycles. The second-order valence-corrected chi connectivity index (χ2v) is 7.67. The molecule has 0 saturated carbocycles. The van der Waals surface area contributed by atoms with Crippen molar-refractivity contribution in [2.24, 2.45) is 0 Å². The molecule has 1 amide bonds. The number of nitrogens with one attached hydrogen (secondary N) is 1. The van der Waals surface area contributed by atoms with Crippen LogP contribution in [0, 0.1) is 0 Å². The Morgan fingerprint density at radius 2 is 2.00 bits per heavy atom. The Morgan fingerprint density at radius 3 is 2.79 bits per heavy atom. The summed E-state index contributed by atoms with van der Waals surface area (Å²) >= 11 is 6.05. The Bertz CT molecular complexity index is 1010. The number of hydrogen-bond donors (Lipinski definition) is 1. The average molecular weight is 410 g/mol. The molecular formula is C23H24ClN3O2. The van der Waals surface area contributed by atoms with Gasteiger partial charge in [0.05, 0.1) is 12.8 Å². The lowest BCUT2D eigenvalue weighted by Crippen LogP contribution is -2.24. The monoisotopic (exact) mass is 409 g/mol. The molecule has 1 aliphatic heterocycles. The molecule has 29 heavy (non-hydrogen) atoms. The summed E-state index contributed by atoms with van der Waals surface area (Å²) in [4.78, 5) is 17.8. The highest BCUT2D eigenvalue weighted by Gasteiger charge is 2.24. The van der Waals surface area contributed by atoms with Gasteiger partial charge in [-0.2, -0.15) is 0 Å². The van der Waals surface area contributed by atoms with Crippen LogP contribution < -0.4 is 10.1 Å². The van der Waals surface area contributed by atoms with Gasteiger partial charge in [0.1, 0.15) is 17.3 Å². The minimum Gasteiger partial charge on any atom is -0.497 e. The van der Waals surface area contributed by atoms with Crippen LogP contribution in [0.4, 0.5) is 0 Å². The van der Waals surface area contributed by atoms with E-state index in [4.69, 9.17) is 21.3 Å². The van der Waals surface area contributed by atoms with E-state index >= 15 is 0 Å². The zero-order valence-corrected chi connectivity index (χ0v) is 17.2. The van der Waals surface area contributed by atoms with E-state index in [2.05, 4.69) is 9.88 Å². The van der Waals surface area contributed by atoms with Crippen molar-refractivity contribution < 1.29 is 9.53 Å². The van der Waals surface area contributed by atoms with Gasteiger partial charge in [-0.3, -0.25) is 4.79 Å². The maximum absolute atomic E-state index is 13.0. The summed E-state index contributed by atoms with van der Waals surface area (Å²) in [6.45, 7) is 1.31. The fraction of sp³-hybridized carbons (Fsp3) is 0.304. The zero-order chi connectivity index (χ0) is 20.2. The minimum absolute atomic E-state index is 0.140. The van der Waals surface area contributed by atoms with Crippen LogP contribution in [-0.4, -0.2) is 22.6 Å². The number of benzene rings is 2. The second kappa shape index (κ2) is 8.70. The Balaban J connectivity index is 1.62. The quantitative estimate of drug-likeness (QED) is 0.654. The molecule has 0 spiro atoms. The Hall–Kier alpha value is -2.79. The smallest absolute Gasteiger partial charge is 0.272 e. The van der Waals surface area contributed by atoms with E-state index in [1.165, 1.54) is 0 Å². The van der Waals surface area contributed by atoms with E-state index in [-0.39, 0.29) is 5.91 Å². The summed E-state index contributed by atoms with van der Waals surface area (Å²) in [7, 11) is 1.64. The van der Waals surface area contributed by atoms with Gasteiger partial charge in [-0.05, 0) is 61.2 Å². The number of fused-ring (bicyclic) bond motifs is 1. The number of imidazole rings is 1. The van der Waals surface area contributed by atoms with Crippen molar-refractivity contribution in [1.29, 1.82) is 0 Å². The van der Waals surface area contributed by atoms with Crippen LogP contribution in [0.1, 0.15) is 41.0 Å². The first-order chi connectivity index (χ1) is 14.2. The van der Waals surface area contributed by atoms with E-state index in [0.29, 0.717) is 17.3 Å². The van der Waals surface area contributed by atoms with E-state index in [0.717, 1.165) is 60.6 Å².